The highest BCUT2D eigenvalue weighted by Gasteiger charge is 2.44. The fraction of sp³-hybridized carbons (Fsp3) is 0.481. The number of aromatic nitrogens is 4. The molecule has 2 aliphatic heterocycles. The lowest BCUT2D eigenvalue weighted by molar-refractivity contribution is -0.141. The molecule has 41 heavy (non-hydrogen) atoms. The fourth-order valence-electron chi connectivity index (χ4n) is 5.74. The molecule has 0 amide bonds. The Kier molecular flexibility index (Phi) is 7.35. The zero-order valence-corrected chi connectivity index (χ0v) is 24.2. The molecule has 10 nitrogen and oxygen atoms in total. The number of aryl methyl sites for hydroxylation is 1. The van der Waals surface area contributed by atoms with Crippen LogP contribution in [0.2, 0.25) is 0 Å². The van der Waals surface area contributed by atoms with Crippen molar-refractivity contribution in [2.24, 2.45) is 41.4 Å². The van der Waals surface area contributed by atoms with Crippen molar-refractivity contribution >= 4 is 21.5 Å². The van der Waals surface area contributed by atoms with E-state index in [-0.39, 0.29) is 40.8 Å². The van der Waals surface area contributed by atoms with Crippen LogP contribution in [0.5, 0.6) is 0 Å². The Morgan fingerprint density at radius 3 is 2.61 bits per heavy atom. The highest BCUT2D eigenvalue weighted by atomic mass is 32.2. The molecule has 0 saturated carbocycles. The van der Waals surface area contributed by atoms with Gasteiger partial charge in [-0.1, -0.05) is 32.4 Å². The molecule has 220 valence electrons. The average molecular weight is 591 g/mol. The quantitative estimate of drug-likeness (QED) is 0.522. The van der Waals surface area contributed by atoms with Gasteiger partial charge in [0.15, 0.2) is 11.5 Å². The van der Waals surface area contributed by atoms with E-state index < -0.39 is 27.9 Å². The third kappa shape index (κ3) is 5.67. The van der Waals surface area contributed by atoms with Crippen LogP contribution in [0.15, 0.2) is 58.6 Å². The molecule has 3 aliphatic rings. The number of nitrogens with one attached hydrogen (secondary N) is 1. The van der Waals surface area contributed by atoms with E-state index in [1.54, 1.807) is 12.3 Å². The number of anilines is 1. The van der Waals surface area contributed by atoms with Gasteiger partial charge in [-0.05, 0) is 18.1 Å². The van der Waals surface area contributed by atoms with Crippen molar-refractivity contribution in [3.63, 3.8) is 0 Å². The van der Waals surface area contributed by atoms with Gasteiger partial charge in [-0.15, -0.1) is 0 Å². The van der Waals surface area contributed by atoms with Gasteiger partial charge in [-0.3, -0.25) is 4.68 Å². The Morgan fingerprint density at radius 1 is 1.24 bits per heavy atom. The van der Waals surface area contributed by atoms with Gasteiger partial charge in [0, 0.05) is 67.5 Å². The number of allylic oxidation sites excluding steroid dienone is 4. The van der Waals surface area contributed by atoms with Crippen LogP contribution in [0, 0.1) is 23.7 Å². The van der Waals surface area contributed by atoms with Crippen molar-refractivity contribution in [1.82, 2.24) is 24.6 Å². The summed E-state index contributed by atoms with van der Waals surface area (Å²) in [5.74, 6) is 0.796. The SMILES string of the molecule is CC(C)C1=CC=C(N2C[C@H](CS(C)(=O)=O)[C@H]2N)C2=CN=C(Nc3ccnc(-c4cn(C)nc4C(F)(F)F)n3)C(C)C21. The second-order valence-corrected chi connectivity index (χ2v) is 13.4. The summed E-state index contributed by atoms with van der Waals surface area (Å²) < 4.78 is 65.3. The van der Waals surface area contributed by atoms with E-state index in [2.05, 4.69) is 40.3 Å². The predicted octanol–water partition coefficient (Wildman–Crippen LogP) is 3.60. The maximum Gasteiger partial charge on any atom is 0.435 e. The van der Waals surface area contributed by atoms with Crippen molar-refractivity contribution in [3.05, 3.63) is 59.3 Å². The van der Waals surface area contributed by atoms with Crippen LogP contribution in [0.4, 0.5) is 19.0 Å². The highest BCUT2D eigenvalue weighted by Crippen LogP contribution is 2.45. The van der Waals surface area contributed by atoms with Crippen LogP contribution in [0.25, 0.3) is 11.4 Å². The Bertz CT molecular complexity index is 1590. The number of nitrogens with two attached hydrogens (primary N) is 1. The Labute approximate surface area is 236 Å². The van der Waals surface area contributed by atoms with E-state index in [1.807, 2.05) is 17.9 Å². The van der Waals surface area contributed by atoms with E-state index in [1.165, 1.54) is 31.3 Å². The minimum atomic E-state index is -4.65. The smallest absolute Gasteiger partial charge is 0.355 e. The molecule has 5 rings (SSSR count). The van der Waals surface area contributed by atoms with Crippen molar-refractivity contribution < 1.29 is 21.6 Å². The number of aliphatic imine (C=N–C) groups is 1. The van der Waals surface area contributed by atoms with Crippen LogP contribution < -0.4 is 11.1 Å². The van der Waals surface area contributed by atoms with E-state index in [0.717, 1.165) is 16.0 Å². The summed E-state index contributed by atoms with van der Waals surface area (Å²) in [6, 6.07) is 1.58. The third-order valence-electron chi connectivity index (χ3n) is 7.71. The minimum Gasteiger partial charge on any atom is -0.355 e. The number of sulfone groups is 1. The maximum atomic E-state index is 13.5. The van der Waals surface area contributed by atoms with Gasteiger partial charge in [0.25, 0.3) is 0 Å². The van der Waals surface area contributed by atoms with Crippen molar-refractivity contribution in [2.45, 2.75) is 33.1 Å². The van der Waals surface area contributed by atoms with E-state index >= 15 is 0 Å². The van der Waals surface area contributed by atoms with Crippen LogP contribution in [-0.4, -0.2) is 63.6 Å². The number of halogens is 3. The minimum absolute atomic E-state index is 0.0346. The largest absolute Gasteiger partial charge is 0.435 e. The zero-order valence-electron chi connectivity index (χ0n) is 23.4. The molecule has 2 unspecified atom stereocenters. The number of hydrogen-bond donors (Lipinski definition) is 2. The van der Waals surface area contributed by atoms with Crippen LogP contribution in [0.3, 0.4) is 0 Å². The van der Waals surface area contributed by atoms with E-state index in [9.17, 15) is 21.6 Å². The van der Waals surface area contributed by atoms with E-state index in [0.29, 0.717) is 18.2 Å². The summed E-state index contributed by atoms with van der Waals surface area (Å²) in [5, 5.41) is 6.76. The zero-order chi connectivity index (χ0) is 29.9. The molecule has 14 heteroatoms. The molecular formula is C27H33F3N8O2S. The van der Waals surface area contributed by atoms with Gasteiger partial charge in [0.1, 0.15) is 21.5 Å². The predicted molar refractivity (Wildman–Crippen MR) is 150 cm³/mol. The van der Waals surface area contributed by atoms with Crippen molar-refractivity contribution in [2.75, 3.05) is 23.9 Å². The molecule has 1 fully saturated rings. The second-order valence-electron chi connectivity index (χ2n) is 11.2. The fourth-order valence-corrected chi connectivity index (χ4v) is 6.82. The summed E-state index contributed by atoms with van der Waals surface area (Å²) in [4.78, 5) is 15.1. The van der Waals surface area contributed by atoms with Gasteiger partial charge in [0.05, 0.1) is 17.5 Å². The molecule has 3 N–H and O–H groups in total. The third-order valence-corrected chi connectivity index (χ3v) is 8.75. The van der Waals surface area contributed by atoms with Gasteiger partial charge in [0.2, 0.25) is 0 Å². The molecule has 4 heterocycles. The Balaban J connectivity index is 1.43. The molecule has 1 aliphatic carbocycles. The van der Waals surface area contributed by atoms with Crippen LogP contribution >= 0.6 is 0 Å². The van der Waals surface area contributed by atoms with Crippen LogP contribution in [0.1, 0.15) is 26.5 Å². The second kappa shape index (κ2) is 10.4. The molecule has 0 aromatic carbocycles. The molecule has 2 aromatic rings. The van der Waals surface area contributed by atoms with Gasteiger partial charge >= 0.3 is 6.18 Å². The van der Waals surface area contributed by atoms with Crippen molar-refractivity contribution in [1.29, 1.82) is 0 Å². The van der Waals surface area contributed by atoms with E-state index in [4.69, 9.17) is 10.7 Å². The number of fused-ring (bicyclic) bond motifs is 1. The topological polar surface area (TPSA) is 131 Å². The summed E-state index contributed by atoms with van der Waals surface area (Å²) in [6.07, 6.45) is 4.70. The lowest BCUT2D eigenvalue weighted by Crippen LogP contribution is -2.62. The first kappa shape index (κ1) is 29.0. The van der Waals surface area contributed by atoms with Gasteiger partial charge in [-0.2, -0.15) is 18.3 Å². The lowest BCUT2D eigenvalue weighted by Gasteiger charge is -2.51. The van der Waals surface area contributed by atoms with Gasteiger partial charge < -0.3 is 16.0 Å². The van der Waals surface area contributed by atoms with Gasteiger partial charge in [-0.25, -0.2) is 23.4 Å². The number of hydrogen-bond acceptors (Lipinski definition) is 9. The summed E-state index contributed by atoms with van der Waals surface area (Å²) in [6.45, 7) is 6.81. The number of alkyl halides is 3. The molecule has 4 atom stereocenters. The molecule has 2 aromatic heterocycles. The Morgan fingerprint density at radius 2 is 1.98 bits per heavy atom. The maximum absolute atomic E-state index is 13.5. The number of nitrogens with zero attached hydrogens (tertiary/aromatic N) is 6. The molecule has 0 spiro atoms. The molecular weight excluding hydrogens is 557 g/mol. The molecule has 0 bridgehead atoms. The summed E-state index contributed by atoms with van der Waals surface area (Å²) in [7, 11) is -1.73. The standard InChI is InChI=1S/C27H33F3N8O2S/c1-14(2)17-6-7-20(38-11-16(24(38)31)13-41(5,39)40)18-10-33-25(15(3)22(17)18)34-21-8-9-32-26(35-21)19-12-37(4)36-23(19)27(28,29)30/h6-10,12,14-16,22,24H,11,13,31H2,1-5H3,(H,32,33,34,35)/t15?,16-,22?,24+/m1/s1. The number of rotatable bonds is 6. The van der Waals surface area contributed by atoms with Crippen LogP contribution in [-0.2, 0) is 23.1 Å². The first-order valence-electron chi connectivity index (χ1n) is 13.2. The molecule has 1 saturated heterocycles. The first-order valence-corrected chi connectivity index (χ1v) is 15.3. The normalized spacial score (nSPS) is 24.7. The monoisotopic (exact) mass is 590 g/mol. The number of likely N-dealkylation sites (tertiary alicyclic amines) is 1. The number of amidine groups is 1. The average Bonchev–Trinajstić information content (AvgIpc) is 3.29. The summed E-state index contributed by atoms with van der Waals surface area (Å²) >= 11 is 0. The lowest BCUT2D eigenvalue weighted by atomic mass is 9.71. The highest BCUT2D eigenvalue weighted by molar-refractivity contribution is 7.90. The molecule has 0 radical (unpaired) electrons. The Hall–Kier alpha value is -3.52. The summed E-state index contributed by atoms with van der Waals surface area (Å²) in [5.41, 5.74) is 8.28. The van der Waals surface area contributed by atoms with Crippen molar-refractivity contribution in [3.8, 4) is 11.4 Å². The first-order chi connectivity index (χ1) is 19.1.